The Morgan fingerprint density at radius 3 is 1.05 bits per heavy atom. The van der Waals surface area contributed by atoms with Gasteiger partial charge in [-0.15, -0.1) is 0 Å². The fourth-order valence-corrected chi connectivity index (χ4v) is 21.4. The van der Waals surface area contributed by atoms with Crippen molar-refractivity contribution < 1.29 is 44.6 Å². The molecule has 1 aliphatic rings. The molecule has 0 N–H and O–H groups in total. The van der Waals surface area contributed by atoms with Gasteiger partial charge in [0.25, 0.3) is 0 Å². The Labute approximate surface area is 234 Å². The molecule has 0 spiro atoms. The van der Waals surface area contributed by atoms with E-state index in [1.165, 1.54) is 76.6 Å². The van der Waals surface area contributed by atoms with Crippen LogP contribution in [0.1, 0.15) is 36.8 Å². The Balaban J connectivity index is 2.17. The number of methoxy groups -OCH3 is 2. The van der Waals surface area contributed by atoms with E-state index in [2.05, 4.69) is 0 Å². The molecule has 1 heterocycles. The maximum atomic E-state index is 16.3. The van der Waals surface area contributed by atoms with Crippen molar-refractivity contribution in [1.29, 1.82) is 0 Å². The summed E-state index contributed by atoms with van der Waals surface area (Å²) in [6.45, 7) is 2.57. The minimum atomic E-state index is -6.09. The molecule has 0 saturated carbocycles. The van der Waals surface area contributed by atoms with Gasteiger partial charge in [-0.1, -0.05) is 0 Å². The zero-order chi connectivity index (χ0) is 30.0. The molecule has 214 valence electrons. The van der Waals surface area contributed by atoms with E-state index < -0.39 is 95.0 Å². The summed E-state index contributed by atoms with van der Waals surface area (Å²) in [5, 5.41) is 0. The molecular weight excluding hydrogens is 663 g/mol. The van der Waals surface area contributed by atoms with E-state index >= 15 is 26.3 Å². The van der Waals surface area contributed by atoms with Crippen LogP contribution in [0.5, 0.6) is 11.5 Å². The number of rotatable bonds is 4. The molecule has 0 saturated heterocycles. The molecule has 0 radical (unpaired) electrons. The van der Waals surface area contributed by atoms with E-state index in [1.807, 2.05) is 0 Å². The topological polar surface area (TPSA) is 18.5 Å². The minimum absolute atomic E-state index is 0.0858. The Kier molecular flexibility index (Phi) is 7.50. The van der Waals surface area contributed by atoms with Crippen LogP contribution in [0.15, 0.2) is 48.5 Å². The van der Waals surface area contributed by atoms with Crippen LogP contribution in [-0.2, 0) is 0 Å². The molecule has 2 nitrogen and oxygen atoms in total. The van der Waals surface area contributed by atoms with Crippen LogP contribution in [0.4, 0.5) is 35.1 Å². The summed E-state index contributed by atoms with van der Waals surface area (Å²) in [5.41, 5.74) is -1.29. The number of hydrogen-bond acceptors (Lipinski definition) is 2. The van der Waals surface area contributed by atoms with Crippen molar-refractivity contribution in [3.63, 3.8) is 0 Å². The molecular formula is C30H22F8O2Sn. The second-order valence-electron chi connectivity index (χ2n) is 9.87. The Bertz CT molecular complexity index is 1550. The Morgan fingerprint density at radius 1 is 0.463 bits per heavy atom. The summed E-state index contributed by atoms with van der Waals surface area (Å²) < 4.78 is 133. The van der Waals surface area contributed by atoms with Gasteiger partial charge in [-0.3, -0.25) is 0 Å². The van der Waals surface area contributed by atoms with Crippen LogP contribution in [-0.4, -0.2) is 32.6 Å². The van der Waals surface area contributed by atoms with Gasteiger partial charge in [-0.25, -0.2) is 0 Å². The third kappa shape index (κ3) is 4.04. The molecule has 0 amide bonds. The molecule has 1 aliphatic heterocycles. The predicted molar refractivity (Wildman–Crippen MR) is 140 cm³/mol. The molecule has 5 rings (SSSR count). The predicted octanol–water partition coefficient (Wildman–Crippen LogP) is 5.41. The van der Waals surface area contributed by atoms with Gasteiger partial charge >= 0.3 is 235 Å². The summed E-state index contributed by atoms with van der Waals surface area (Å²) in [6, 6.07) is 11.2. The SMILES string of the molecule is COc1cc[c]([Sn]2([c]3ccc(OC)cc3)[c]3c(F)c(F)c(F)c(F)c3[C@H](C)[C@@H](C)c3c(F)c(F)c(F)c(F)[c]32)cc1. The Morgan fingerprint density at radius 2 is 0.756 bits per heavy atom. The summed E-state index contributed by atoms with van der Waals surface area (Å²) in [5.74, 6) is -17.6. The van der Waals surface area contributed by atoms with Gasteiger partial charge in [0, 0.05) is 0 Å². The van der Waals surface area contributed by atoms with E-state index in [-0.39, 0.29) is 7.16 Å². The van der Waals surface area contributed by atoms with E-state index in [4.69, 9.17) is 9.47 Å². The molecule has 4 aromatic carbocycles. The van der Waals surface area contributed by atoms with Gasteiger partial charge in [0.05, 0.1) is 0 Å². The molecule has 11 heteroatoms. The van der Waals surface area contributed by atoms with Crippen molar-refractivity contribution >= 4 is 32.7 Å². The first-order valence-electron chi connectivity index (χ1n) is 12.4. The van der Waals surface area contributed by atoms with Gasteiger partial charge in [-0.05, 0) is 0 Å². The van der Waals surface area contributed by atoms with Crippen LogP contribution in [0.3, 0.4) is 0 Å². The monoisotopic (exact) mass is 686 g/mol. The number of benzene rings is 4. The quantitative estimate of drug-likeness (QED) is 0.124. The second-order valence-corrected chi connectivity index (χ2v) is 20.3. The van der Waals surface area contributed by atoms with Crippen molar-refractivity contribution in [2.24, 2.45) is 0 Å². The van der Waals surface area contributed by atoms with Gasteiger partial charge in [0.1, 0.15) is 0 Å². The van der Waals surface area contributed by atoms with E-state index in [1.54, 1.807) is 0 Å². The maximum absolute atomic E-state index is 16.3. The first kappa shape index (κ1) is 29.2. The van der Waals surface area contributed by atoms with Crippen molar-refractivity contribution in [2.75, 3.05) is 14.2 Å². The van der Waals surface area contributed by atoms with Gasteiger partial charge < -0.3 is 0 Å². The fourth-order valence-electron chi connectivity index (χ4n) is 5.94. The molecule has 0 unspecified atom stereocenters. The number of halogens is 8. The van der Waals surface area contributed by atoms with Crippen LogP contribution < -0.4 is 23.8 Å². The standard InChI is InChI=1S/C16H8F8.2C7H7O.Sn/c1-5(7-3-9(17)13(21)15(23)11(7)19)6(2)8-4-10(18)14(22)16(24)12(8)20;2*1-8-7-5-3-2-4-6-7;/h5-6H,1-2H3;2*3-6H,1H3;/t5-,6-;;;/m1.../s1. The first-order valence-corrected chi connectivity index (χ1v) is 18.2. The van der Waals surface area contributed by atoms with E-state index in [0.717, 1.165) is 0 Å². The summed E-state index contributed by atoms with van der Waals surface area (Å²) in [6.07, 6.45) is 0. The summed E-state index contributed by atoms with van der Waals surface area (Å²) in [4.78, 5) is 0. The fraction of sp³-hybridized carbons (Fsp3) is 0.200. The van der Waals surface area contributed by atoms with Crippen LogP contribution in [0, 0.1) is 46.5 Å². The van der Waals surface area contributed by atoms with E-state index in [9.17, 15) is 8.78 Å². The van der Waals surface area contributed by atoms with Crippen molar-refractivity contribution in [3.05, 3.63) is 106 Å². The van der Waals surface area contributed by atoms with E-state index in [0.29, 0.717) is 11.5 Å². The zero-order valence-corrected chi connectivity index (χ0v) is 25.0. The van der Waals surface area contributed by atoms with Crippen molar-refractivity contribution in [2.45, 2.75) is 25.7 Å². The number of fused-ring (bicyclic) bond motifs is 2. The van der Waals surface area contributed by atoms with Crippen LogP contribution in [0.25, 0.3) is 0 Å². The average Bonchev–Trinajstić information content (AvgIpc) is 3.08. The molecule has 0 fully saturated rings. The Hall–Kier alpha value is -3.28. The van der Waals surface area contributed by atoms with Crippen molar-refractivity contribution in [3.8, 4) is 11.5 Å². The third-order valence-corrected chi connectivity index (χ3v) is 22.0. The molecule has 41 heavy (non-hydrogen) atoms. The second kappa shape index (κ2) is 10.5. The normalized spacial score (nSPS) is 17.5. The van der Waals surface area contributed by atoms with Crippen LogP contribution >= 0.6 is 0 Å². The van der Waals surface area contributed by atoms with Gasteiger partial charge in [0.2, 0.25) is 0 Å². The van der Waals surface area contributed by atoms with Crippen LogP contribution in [0.2, 0.25) is 0 Å². The molecule has 4 aromatic rings. The summed E-state index contributed by atoms with van der Waals surface area (Å²) >= 11 is -6.09. The average molecular weight is 685 g/mol. The zero-order valence-electron chi connectivity index (χ0n) is 22.1. The number of ether oxygens (including phenoxy) is 2. The van der Waals surface area contributed by atoms with Gasteiger partial charge in [0.15, 0.2) is 0 Å². The van der Waals surface area contributed by atoms with Crippen molar-refractivity contribution in [1.82, 2.24) is 0 Å². The molecule has 2 atom stereocenters. The number of hydrogen-bond donors (Lipinski definition) is 0. The van der Waals surface area contributed by atoms with Gasteiger partial charge in [-0.2, -0.15) is 0 Å². The molecule has 0 bridgehead atoms. The third-order valence-electron chi connectivity index (χ3n) is 8.06. The molecule has 0 aliphatic carbocycles. The summed E-state index contributed by atoms with van der Waals surface area (Å²) in [7, 11) is 2.72. The first-order chi connectivity index (χ1) is 19.4. The molecule has 0 aromatic heterocycles.